The Morgan fingerprint density at radius 1 is 0.833 bits per heavy atom. The van der Waals surface area contributed by atoms with Gasteiger partial charge in [-0.2, -0.15) is 0 Å². The van der Waals surface area contributed by atoms with Gasteiger partial charge in [0.15, 0.2) is 5.43 Å². The fourth-order valence-corrected chi connectivity index (χ4v) is 3.36. The second-order valence-electron chi connectivity index (χ2n) is 7.12. The molecule has 4 nitrogen and oxygen atoms in total. The monoisotopic (exact) mass is 401 g/mol. The van der Waals surface area contributed by atoms with Crippen molar-refractivity contribution in [3.05, 3.63) is 118 Å². The number of hydrogen-bond acceptors (Lipinski definition) is 3. The summed E-state index contributed by atoms with van der Waals surface area (Å²) in [5.74, 6) is -0.464. The van der Waals surface area contributed by atoms with Gasteiger partial charge in [-0.15, -0.1) is 0 Å². The van der Waals surface area contributed by atoms with E-state index >= 15 is 0 Å². The molecule has 5 heteroatoms. The highest BCUT2D eigenvalue weighted by atomic mass is 19.1. The first-order valence-electron chi connectivity index (χ1n) is 9.66. The first-order valence-corrected chi connectivity index (χ1v) is 9.66. The average Bonchev–Trinajstić information content (AvgIpc) is 2.77. The molecule has 1 aromatic heterocycles. The minimum absolute atomic E-state index is 0.107. The third-order valence-corrected chi connectivity index (χ3v) is 4.95. The van der Waals surface area contributed by atoms with E-state index < -0.39 is 0 Å². The van der Waals surface area contributed by atoms with Gasteiger partial charge in [-0.05, 0) is 35.4 Å². The minimum Gasteiger partial charge on any atom is -0.464 e. The molecule has 0 N–H and O–H groups in total. The fourth-order valence-electron chi connectivity index (χ4n) is 3.36. The highest BCUT2D eigenvalue weighted by molar-refractivity contribution is 5.79. The van der Waals surface area contributed by atoms with E-state index in [1.165, 1.54) is 18.4 Å². The summed E-state index contributed by atoms with van der Waals surface area (Å²) in [4.78, 5) is 27.6. The van der Waals surface area contributed by atoms with E-state index in [1.54, 1.807) is 41.3 Å². The third kappa shape index (κ3) is 4.46. The van der Waals surface area contributed by atoms with Gasteiger partial charge >= 0.3 is 0 Å². The van der Waals surface area contributed by atoms with Crippen molar-refractivity contribution in [3.63, 3.8) is 0 Å². The van der Waals surface area contributed by atoms with Crippen molar-refractivity contribution in [2.45, 2.75) is 19.5 Å². The molecule has 0 radical (unpaired) electrons. The molecule has 30 heavy (non-hydrogen) atoms. The highest BCUT2D eigenvalue weighted by Gasteiger charge is 2.18. The molecule has 0 bridgehead atoms. The van der Waals surface area contributed by atoms with Gasteiger partial charge < -0.3 is 9.32 Å². The zero-order valence-corrected chi connectivity index (χ0v) is 16.3. The zero-order chi connectivity index (χ0) is 20.9. The topological polar surface area (TPSA) is 50.5 Å². The number of para-hydroxylation sites is 1. The third-order valence-electron chi connectivity index (χ3n) is 4.95. The van der Waals surface area contributed by atoms with E-state index in [4.69, 9.17) is 4.42 Å². The Kier molecular flexibility index (Phi) is 5.70. The molecule has 4 aromatic rings. The van der Waals surface area contributed by atoms with Crippen LogP contribution in [0.1, 0.15) is 16.7 Å². The zero-order valence-electron chi connectivity index (χ0n) is 16.3. The number of hydrogen-bond donors (Lipinski definition) is 0. The van der Waals surface area contributed by atoms with E-state index in [1.807, 2.05) is 30.3 Å². The average molecular weight is 401 g/mol. The number of carbonyl (C=O) groups excluding carboxylic acids is 1. The molecular weight excluding hydrogens is 381 g/mol. The molecule has 3 aromatic carbocycles. The van der Waals surface area contributed by atoms with Crippen molar-refractivity contribution < 1.29 is 13.6 Å². The Morgan fingerprint density at radius 2 is 1.53 bits per heavy atom. The van der Waals surface area contributed by atoms with Crippen molar-refractivity contribution in [2.75, 3.05) is 0 Å². The van der Waals surface area contributed by atoms with E-state index in [-0.39, 0.29) is 36.7 Å². The molecule has 1 amide bonds. The predicted molar refractivity (Wildman–Crippen MR) is 113 cm³/mol. The number of carbonyl (C=O) groups is 1. The summed E-state index contributed by atoms with van der Waals surface area (Å²) in [5.41, 5.74) is 2.41. The Morgan fingerprint density at radius 3 is 2.30 bits per heavy atom. The summed E-state index contributed by atoms with van der Waals surface area (Å²) < 4.78 is 18.9. The molecule has 0 atom stereocenters. The molecule has 0 aliphatic rings. The Bertz CT molecular complexity index is 1220. The van der Waals surface area contributed by atoms with Crippen LogP contribution < -0.4 is 5.43 Å². The summed E-state index contributed by atoms with van der Waals surface area (Å²) in [6.07, 6.45) is 1.62. The lowest BCUT2D eigenvalue weighted by Crippen LogP contribution is -2.33. The van der Waals surface area contributed by atoms with Crippen molar-refractivity contribution in [2.24, 2.45) is 0 Å². The lowest BCUT2D eigenvalue weighted by molar-refractivity contribution is -0.131. The number of rotatable bonds is 6. The molecular formula is C25H20FNO3. The van der Waals surface area contributed by atoms with E-state index in [9.17, 15) is 14.0 Å². The van der Waals surface area contributed by atoms with Gasteiger partial charge in [-0.1, -0.05) is 54.6 Å². The number of fused-ring (bicyclic) bond motifs is 1. The van der Waals surface area contributed by atoms with Crippen molar-refractivity contribution in [1.82, 2.24) is 4.90 Å². The predicted octanol–water partition coefficient (Wildman–Crippen LogP) is 4.70. The molecule has 0 spiro atoms. The largest absolute Gasteiger partial charge is 0.464 e. The van der Waals surface area contributed by atoms with Crippen LogP contribution in [-0.4, -0.2) is 10.8 Å². The van der Waals surface area contributed by atoms with Crippen LogP contribution in [0.2, 0.25) is 0 Å². The van der Waals surface area contributed by atoms with Crippen LogP contribution in [0.3, 0.4) is 0 Å². The smallest absolute Gasteiger partial charge is 0.227 e. The maximum Gasteiger partial charge on any atom is 0.227 e. The highest BCUT2D eigenvalue weighted by Crippen LogP contribution is 2.15. The van der Waals surface area contributed by atoms with Crippen molar-refractivity contribution in [1.29, 1.82) is 0 Å². The van der Waals surface area contributed by atoms with Crippen molar-refractivity contribution >= 4 is 16.9 Å². The number of nitrogens with zero attached hydrogens (tertiary/aromatic N) is 1. The van der Waals surface area contributed by atoms with Crippen LogP contribution in [0.4, 0.5) is 4.39 Å². The molecule has 0 aliphatic heterocycles. The van der Waals surface area contributed by atoms with Crippen LogP contribution in [0.25, 0.3) is 11.0 Å². The second kappa shape index (κ2) is 8.74. The van der Waals surface area contributed by atoms with Gasteiger partial charge in [0, 0.05) is 6.54 Å². The molecule has 150 valence electrons. The number of halogens is 1. The van der Waals surface area contributed by atoms with Crippen molar-refractivity contribution in [3.8, 4) is 0 Å². The van der Waals surface area contributed by atoms with Gasteiger partial charge in [-0.3, -0.25) is 9.59 Å². The molecule has 1 heterocycles. The SMILES string of the molecule is O=C(Cc1ccccc1)N(Cc1ccc(F)cc1)Cc1coc2ccccc2c1=O. The second-order valence-corrected chi connectivity index (χ2v) is 7.12. The van der Waals surface area contributed by atoms with Crippen LogP contribution in [0, 0.1) is 5.82 Å². The maximum atomic E-state index is 13.3. The van der Waals surface area contributed by atoms with Gasteiger partial charge in [0.05, 0.1) is 30.2 Å². The molecule has 0 aliphatic carbocycles. The Labute approximate surface area is 173 Å². The molecule has 4 rings (SSSR count). The Balaban J connectivity index is 1.64. The lowest BCUT2D eigenvalue weighted by atomic mass is 10.1. The number of benzene rings is 3. The molecule has 0 saturated carbocycles. The standard InChI is InChI=1S/C25H20FNO3/c26-21-12-10-19(11-13-21)15-27(24(28)14-18-6-2-1-3-7-18)16-20-17-30-23-9-5-4-8-22(23)25(20)29/h1-13,17H,14-16H2. The van der Waals surface area contributed by atoms with Gasteiger partial charge in [-0.25, -0.2) is 4.39 Å². The maximum absolute atomic E-state index is 13.3. The summed E-state index contributed by atoms with van der Waals surface area (Å²) >= 11 is 0. The van der Waals surface area contributed by atoms with E-state index in [0.29, 0.717) is 16.5 Å². The molecule has 0 saturated heterocycles. The van der Waals surface area contributed by atoms with Crippen LogP contribution >= 0.6 is 0 Å². The fraction of sp³-hybridized carbons (Fsp3) is 0.120. The minimum atomic E-state index is -0.337. The normalized spacial score (nSPS) is 10.8. The molecule has 0 unspecified atom stereocenters. The Hall–Kier alpha value is -3.73. The van der Waals surface area contributed by atoms with E-state index in [0.717, 1.165) is 11.1 Å². The van der Waals surface area contributed by atoms with Crippen LogP contribution in [0.15, 0.2) is 94.3 Å². The van der Waals surface area contributed by atoms with Crippen LogP contribution in [-0.2, 0) is 24.3 Å². The van der Waals surface area contributed by atoms with Gasteiger partial charge in [0.2, 0.25) is 5.91 Å². The summed E-state index contributed by atoms with van der Waals surface area (Å²) in [7, 11) is 0. The van der Waals surface area contributed by atoms with E-state index in [2.05, 4.69) is 0 Å². The summed E-state index contributed by atoms with van der Waals surface area (Å²) in [6.45, 7) is 0.369. The van der Waals surface area contributed by atoms with Gasteiger partial charge in [0.1, 0.15) is 11.4 Å². The van der Waals surface area contributed by atoms with Crippen LogP contribution in [0.5, 0.6) is 0 Å². The lowest BCUT2D eigenvalue weighted by Gasteiger charge is -2.23. The first kappa shape index (κ1) is 19.6. The summed E-state index contributed by atoms with van der Waals surface area (Å²) in [6, 6.07) is 22.4. The number of amides is 1. The summed E-state index contributed by atoms with van der Waals surface area (Å²) in [5, 5.41) is 0.479. The first-order chi connectivity index (χ1) is 14.6. The quantitative estimate of drug-likeness (QED) is 0.470. The molecule has 0 fully saturated rings. The van der Waals surface area contributed by atoms with Gasteiger partial charge in [0.25, 0.3) is 0 Å².